The number of carboxylic acid groups (broad SMARTS) is 2. The Morgan fingerprint density at radius 1 is 0.444 bits per heavy atom. The van der Waals surface area contributed by atoms with Gasteiger partial charge in [0, 0.05) is 157 Å². The number of hydrogen-bond acceptors (Lipinski definition) is 14. The van der Waals surface area contributed by atoms with Crippen molar-refractivity contribution in [2.24, 2.45) is 0 Å². The largest absolute Gasteiger partial charge is 0.545 e. The van der Waals surface area contributed by atoms with Gasteiger partial charge in [0.25, 0.3) is 11.8 Å². The number of nitrogens with one attached hydrogen (secondary N) is 2. The van der Waals surface area contributed by atoms with E-state index in [-0.39, 0.29) is 29.1 Å². The van der Waals surface area contributed by atoms with E-state index >= 15 is 0 Å². The summed E-state index contributed by atoms with van der Waals surface area (Å²) in [4.78, 5) is 54.9. The Bertz CT molecular complexity index is 3810. The molecular weight excluding hydrogens is 1190 g/mol. The van der Waals surface area contributed by atoms with Gasteiger partial charge in [-0.1, -0.05) is 37.8 Å². The van der Waals surface area contributed by atoms with E-state index < -0.39 is 17.8 Å². The number of amides is 2. The van der Waals surface area contributed by atoms with Crippen LogP contribution in [0.15, 0.2) is 118 Å². The second kappa shape index (κ2) is 34.9. The van der Waals surface area contributed by atoms with Crippen LogP contribution in [0, 0.1) is 0 Å². The molecule has 0 aromatic heterocycles. The molecule has 4 aromatic rings. The van der Waals surface area contributed by atoms with Crippen molar-refractivity contribution >= 4 is 80.3 Å². The summed E-state index contributed by atoms with van der Waals surface area (Å²) in [5.74, 6) is -0.847. The third-order valence-electron chi connectivity index (χ3n) is 15.1. The van der Waals surface area contributed by atoms with Crippen molar-refractivity contribution in [2.45, 2.75) is 51.4 Å². The first-order valence-electron chi connectivity index (χ1n) is 30.5. The van der Waals surface area contributed by atoms with Gasteiger partial charge in [-0.3, -0.25) is 9.59 Å². The number of halogens is 2. The fraction of sp³-hybridized carbons (Fsp3) is 0.400. The Morgan fingerprint density at radius 2 is 0.856 bits per heavy atom. The summed E-state index contributed by atoms with van der Waals surface area (Å²) in [6.45, 7) is 4.45. The minimum atomic E-state index is -1.38. The number of aromatic carboxylic acids is 2. The van der Waals surface area contributed by atoms with Crippen LogP contribution in [0.25, 0.3) is 66.8 Å². The average molecular weight is 1270 g/mol. The number of rotatable bonds is 32. The number of carbonyl (C=O) groups excluding carboxylic acids is 4. The number of unbranched alkanes of at least 4 members (excludes halogenated alkanes) is 6. The van der Waals surface area contributed by atoms with Crippen LogP contribution in [0.1, 0.15) is 92.8 Å². The van der Waals surface area contributed by atoms with Crippen LogP contribution in [0.4, 0.5) is 11.4 Å². The van der Waals surface area contributed by atoms with Crippen LogP contribution in [0.3, 0.4) is 0 Å². The van der Waals surface area contributed by atoms with Crippen LogP contribution in [0.2, 0.25) is 0 Å². The molecule has 2 amide bonds. The zero-order chi connectivity index (χ0) is 64.7. The highest BCUT2D eigenvalue weighted by atomic mass is 35.5. The van der Waals surface area contributed by atoms with Gasteiger partial charge in [0.2, 0.25) is 10.7 Å². The monoisotopic (exact) mass is 1270 g/mol. The van der Waals surface area contributed by atoms with E-state index in [0.717, 1.165) is 95.4 Å². The molecule has 480 valence electrons. The number of nitrogens with zero attached hydrogens (tertiary/aromatic N) is 4. The predicted molar refractivity (Wildman–Crippen MR) is 354 cm³/mol. The van der Waals surface area contributed by atoms with Crippen LogP contribution in [0.5, 0.6) is 0 Å². The molecule has 4 aromatic carbocycles. The summed E-state index contributed by atoms with van der Waals surface area (Å²) in [6.07, 6.45) is 8.50. The summed E-state index contributed by atoms with van der Waals surface area (Å²) >= 11 is 11.4. The van der Waals surface area contributed by atoms with Gasteiger partial charge in [-0.25, -0.2) is 9.15 Å². The third-order valence-corrected chi connectivity index (χ3v) is 15.7. The van der Waals surface area contributed by atoms with E-state index in [1.807, 2.05) is 148 Å². The van der Waals surface area contributed by atoms with Gasteiger partial charge in [-0.15, -0.1) is 23.2 Å². The molecule has 4 aliphatic rings. The van der Waals surface area contributed by atoms with E-state index in [0.29, 0.717) is 122 Å². The van der Waals surface area contributed by atoms with E-state index in [1.54, 1.807) is 18.2 Å². The number of fused-ring (bicyclic) bond motifs is 4. The predicted octanol–water partition coefficient (Wildman–Crippen LogP) is 8.46. The molecular formula is C70H84Cl2N6O12. The first kappa shape index (κ1) is 69.6. The maximum atomic E-state index is 13.2. The quantitative estimate of drug-likeness (QED) is 0.0175. The summed E-state index contributed by atoms with van der Waals surface area (Å²) in [5, 5.41) is 33.8. The van der Waals surface area contributed by atoms with Crippen molar-refractivity contribution < 1.29 is 57.2 Å². The molecule has 0 atom stereocenters. The highest BCUT2D eigenvalue weighted by Crippen LogP contribution is 2.44. The Labute approximate surface area is 536 Å². The molecule has 18 nitrogen and oxygen atoms in total. The zero-order valence-corrected chi connectivity index (χ0v) is 54.5. The third kappa shape index (κ3) is 19.1. The maximum absolute atomic E-state index is 13.2. The molecule has 0 radical (unpaired) electrons. The summed E-state index contributed by atoms with van der Waals surface area (Å²) in [6, 6.07) is 32.4. The minimum absolute atomic E-state index is 0.0175. The molecule has 0 saturated heterocycles. The highest BCUT2D eigenvalue weighted by molar-refractivity contribution is 6.18. The Balaban J connectivity index is 0.000000256. The Hall–Kier alpha value is -7.84. The summed E-state index contributed by atoms with van der Waals surface area (Å²) in [7, 11) is 15.5. The number of carboxylic acids is 2. The lowest BCUT2D eigenvalue weighted by Gasteiger charge is -2.20. The fourth-order valence-corrected chi connectivity index (χ4v) is 10.6. The van der Waals surface area contributed by atoms with Crippen LogP contribution < -0.4 is 50.5 Å². The van der Waals surface area contributed by atoms with Crippen molar-refractivity contribution in [3.63, 3.8) is 0 Å². The number of alkyl halides is 2. The van der Waals surface area contributed by atoms with Crippen LogP contribution in [-0.4, -0.2) is 158 Å². The first-order chi connectivity index (χ1) is 43.4. The van der Waals surface area contributed by atoms with E-state index in [2.05, 4.69) is 10.6 Å². The number of anilines is 2. The lowest BCUT2D eigenvalue weighted by atomic mass is 9.89. The van der Waals surface area contributed by atoms with Crippen molar-refractivity contribution in [3.8, 4) is 44.9 Å². The average Bonchev–Trinajstić information content (AvgIpc) is 0.782. The van der Waals surface area contributed by atoms with E-state index in [9.17, 15) is 29.4 Å². The highest BCUT2D eigenvalue weighted by Gasteiger charge is 2.25. The molecule has 0 fully saturated rings. The maximum Gasteiger partial charge on any atom is 0.251 e. The molecule has 8 rings (SSSR count). The molecule has 0 saturated carbocycles. The topological polar surface area (TPSA) is 214 Å². The van der Waals surface area contributed by atoms with Crippen molar-refractivity contribution in [2.75, 3.05) is 144 Å². The van der Waals surface area contributed by atoms with Gasteiger partial charge in [0.15, 0.2) is 0 Å². The summed E-state index contributed by atoms with van der Waals surface area (Å²) < 4.78 is 39.0. The second-order valence-electron chi connectivity index (χ2n) is 22.5. The van der Waals surface area contributed by atoms with Crippen molar-refractivity contribution in [1.82, 2.24) is 19.8 Å². The first-order valence-corrected chi connectivity index (χ1v) is 31.6. The van der Waals surface area contributed by atoms with E-state index in [1.165, 1.54) is 18.2 Å². The van der Waals surface area contributed by atoms with Gasteiger partial charge in [-0.05, 0) is 97.5 Å². The lowest BCUT2D eigenvalue weighted by molar-refractivity contribution is -0.256. The molecule has 2 N–H and O–H groups in total. The van der Waals surface area contributed by atoms with E-state index in [4.69, 9.17) is 51.0 Å². The van der Waals surface area contributed by atoms with Gasteiger partial charge in [0.1, 0.15) is 50.9 Å². The number of benzene rings is 6. The molecule has 20 heteroatoms. The van der Waals surface area contributed by atoms with Crippen LogP contribution in [-0.2, 0) is 18.9 Å². The molecule has 2 aliphatic carbocycles. The molecule has 2 aliphatic heterocycles. The Kier molecular flexibility index (Phi) is 27.0. The van der Waals surface area contributed by atoms with Gasteiger partial charge >= 0.3 is 0 Å². The number of hydrogen-bond donors (Lipinski definition) is 2. The minimum Gasteiger partial charge on any atom is -0.545 e. The van der Waals surface area contributed by atoms with Crippen molar-refractivity contribution in [3.05, 3.63) is 142 Å². The smallest absolute Gasteiger partial charge is 0.251 e. The van der Waals surface area contributed by atoms with Gasteiger partial charge in [-0.2, -0.15) is 0 Å². The molecule has 2 heterocycles. The number of ether oxygens (including phenoxy) is 4. The van der Waals surface area contributed by atoms with Crippen molar-refractivity contribution in [1.29, 1.82) is 0 Å². The Morgan fingerprint density at radius 3 is 1.29 bits per heavy atom. The zero-order valence-electron chi connectivity index (χ0n) is 53.0. The molecule has 90 heavy (non-hydrogen) atoms. The normalized spacial score (nSPS) is 11.2. The standard InChI is InChI=1S/2C35H42ClN3O6/c1-38(2)25-10-13-28-31(22-25)45-32-23-26(39(3)4)11-14-29(32)33(28)30-21-24(9-12-27(30)35(41)42)34(40)37-16-18-44-20-19-43-17-8-6-5-7-15-36;1-38(2)25-10-13-28-31(22-25)45-32-23-26(39(3)4)11-14-29(32)33(28)27-12-9-24(21-30(27)35(41)42)34(40)37-16-18-44-20-19-43-17-8-6-5-7-15-36/h2*9-14,21-23H,5-8,15-20H2,1-4H3,(H-,37,40,41,42). The second-order valence-corrected chi connectivity index (χ2v) is 23.3. The molecule has 0 unspecified atom stereocenters. The number of carbonyl (C=O) groups is 4. The van der Waals surface area contributed by atoms with Gasteiger partial charge in [0.05, 0.1) is 63.7 Å². The van der Waals surface area contributed by atoms with Crippen LogP contribution >= 0.6 is 23.2 Å². The molecule has 0 bridgehead atoms. The fourth-order valence-electron chi connectivity index (χ4n) is 10.2. The summed E-state index contributed by atoms with van der Waals surface area (Å²) in [5.41, 5.74) is 7.14. The lowest BCUT2D eigenvalue weighted by Crippen LogP contribution is -2.29. The van der Waals surface area contributed by atoms with Gasteiger partial charge < -0.3 is 68.0 Å². The SMILES string of the molecule is CN(C)c1ccc2c(-c3cc(C(=O)NCCOCCOCCCCCCCl)ccc3C(=O)[O-])c3ccc(=[N+](C)C)cc-3oc2c1.CN(C)c1ccc2c(-c3ccc(C(=O)NCCOCCOCCCCCCCl)cc3C(=O)[O-])c3ccc(=[N+](C)C)cc-3oc2c1. The molecule has 0 spiro atoms.